The molecule has 0 saturated carbocycles. The Kier molecular flexibility index (Phi) is 10.9. The van der Waals surface area contributed by atoms with Crippen molar-refractivity contribution >= 4 is 42.1 Å². The zero-order chi connectivity index (χ0) is 25.2. The van der Waals surface area contributed by atoms with E-state index in [1.54, 1.807) is 33.8 Å². The Labute approximate surface area is 214 Å². The smallest absolute Gasteiger partial charge is 0.410 e. The number of aliphatic hydroxyl groups is 1. The molecule has 3 rings (SSSR count). The molecule has 2 fully saturated rings. The number of nitro benzene ring substituents is 1. The average Bonchev–Trinajstić information content (AvgIpc) is 3.24. The lowest BCUT2D eigenvalue weighted by Gasteiger charge is -2.37. The van der Waals surface area contributed by atoms with Crippen LogP contribution in [0.2, 0.25) is 0 Å². The van der Waals surface area contributed by atoms with E-state index in [0.717, 1.165) is 32.6 Å². The van der Waals surface area contributed by atoms with Gasteiger partial charge in [0.15, 0.2) is 0 Å². The van der Waals surface area contributed by atoms with Crippen LogP contribution in [0.4, 0.5) is 10.5 Å². The molecule has 2 atom stereocenters. The van der Waals surface area contributed by atoms with Gasteiger partial charge in [-0.05, 0) is 24.1 Å². The Hall–Kier alpha value is -2.06. The molecule has 0 aromatic heterocycles. The van der Waals surface area contributed by atoms with Gasteiger partial charge in [0, 0.05) is 74.1 Å². The van der Waals surface area contributed by atoms with Gasteiger partial charge in [-0.1, -0.05) is 0 Å². The number of likely N-dealkylation sites (tertiary alicyclic amines) is 1. The van der Waals surface area contributed by atoms with Crippen molar-refractivity contribution in [3.63, 3.8) is 0 Å². The number of hydrogen-bond donors (Lipinski definition) is 3. The molecule has 0 spiro atoms. The third-order valence-corrected chi connectivity index (χ3v) is 7.43. The molecule has 13 heteroatoms. The lowest BCUT2D eigenvalue weighted by atomic mass is 10.2. The zero-order valence-corrected chi connectivity index (χ0v) is 21.3. The number of nitro groups is 1. The van der Waals surface area contributed by atoms with Gasteiger partial charge in [0.05, 0.1) is 18.1 Å². The summed E-state index contributed by atoms with van der Waals surface area (Å²) in [5, 5.41) is 27.1. The minimum absolute atomic E-state index is 0.00805. The van der Waals surface area contributed by atoms with Gasteiger partial charge in [-0.25, -0.2) is 9.80 Å². The van der Waals surface area contributed by atoms with Gasteiger partial charge < -0.3 is 20.1 Å². The van der Waals surface area contributed by atoms with Gasteiger partial charge in [-0.3, -0.25) is 19.9 Å². The first-order valence-corrected chi connectivity index (χ1v) is 13.4. The van der Waals surface area contributed by atoms with E-state index in [2.05, 4.69) is 17.9 Å². The number of piperazine rings is 1. The molecule has 11 nitrogen and oxygen atoms in total. The fourth-order valence-electron chi connectivity index (χ4n) is 4.14. The normalized spacial score (nSPS) is 20.6. The van der Waals surface area contributed by atoms with Crippen molar-refractivity contribution in [3.8, 4) is 0 Å². The minimum atomic E-state index is -0.474. The number of aliphatic hydroxyl groups excluding tert-OH is 1. The minimum Gasteiger partial charge on any atom is -0.445 e. The second-order valence-electron chi connectivity index (χ2n) is 8.44. The first-order chi connectivity index (χ1) is 16.9. The van der Waals surface area contributed by atoms with E-state index < -0.39 is 11.0 Å². The van der Waals surface area contributed by atoms with Gasteiger partial charge in [0.1, 0.15) is 6.61 Å². The lowest BCUT2D eigenvalue weighted by molar-refractivity contribution is -0.384. The molecular weight excluding hydrogens is 494 g/mol. The van der Waals surface area contributed by atoms with Crippen LogP contribution in [0.1, 0.15) is 18.4 Å². The average molecular weight is 528 g/mol. The topological polar surface area (TPSA) is 128 Å². The van der Waals surface area contributed by atoms with Crippen LogP contribution in [-0.2, 0) is 16.1 Å². The Morgan fingerprint density at radius 2 is 2.00 bits per heavy atom. The third-order valence-electron chi connectivity index (χ3n) is 5.94. The van der Waals surface area contributed by atoms with Crippen molar-refractivity contribution < 1.29 is 24.4 Å². The molecule has 1 aromatic rings. The largest absolute Gasteiger partial charge is 0.445 e. The summed E-state index contributed by atoms with van der Waals surface area (Å²) in [5.74, 6) is 1.28. The van der Waals surface area contributed by atoms with Crippen LogP contribution in [-0.4, -0.2) is 106 Å². The number of non-ortho nitro benzene ring substituents is 1. The summed E-state index contributed by atoms with van der Waals surface area (Å²) in [6.07, 6.45) is 0.666. The lowest BCUT2D eigenvalue weighted by Crippen LogP contribution is -2.55. The van der Waals surface area contributed by atoms with E-state index in [4.69, 9.17) is 4.74 Å². The van der Waals surface area contributed by atoms with Crippen LogP contribution in [0.25, 0.3) is 0 Å². The number of thiol groups is 1. The highest BCUT2D eigenvalue weighted by atomic mass is 32.2. The molecule has 1 aromatic carbocycles. The molecule has 2 N–H and O–H groups in total. The molecule has 0 bridgehead atoms. The molecule has 0 radical (unpaired) electrons. The molecule has 2 aliphatic heterocycles. The SMILES string of the molecule is O=C(OCc1ccc([N+](=O)[O-])cc1)N1CC(S)CC1CSCCC(=O)N(CCO)N1CCNCC1. The molecule has 2 unspecified atom stereocenters. The highest BCUT2D eigenvalue weighted by Crippen LogP contribution is 2.26. The number of nitrogens with one attached hydrogen (secondary N) is 1. The van der Waals surface area contributed by atoms with Crippen LogP contribution in [0.15, 0.2) is 24.3 Å². The molecule has 194 valence electrons. The number of nitrogens with zero attached hydrogens (tertiary/aromatic N) is 4. The van der Waals surface area contributed by atoms with Crippen LogP contribution >= 0.6 is 24.4 Å². The number of carbonyl (C=O) groups excluding carboxylic acids is 2. The first kappa shape index (κ1) is 27.5. The molecular formula is C22H33N5O6S2. The van der Waals surface area contributed by atoms with Crippen LogP contribution in [0.5, 0.6) is 0 Å². The van der Waals surface area contributed by atoms with E-state index in [9.17, 15) is 24.8 Å². The van der Waals surface area contributed by atoms with E-state index >= 15 is 0 Å². The molecule has 35 heavy (non-hydrogen) atoms. The summed E-state index contributed by atoms with van der Waals surface area (Å²) in [4.78, 5) is 37.4. The van der Waals surface area contributed by atoms with E-state index in [-0.39, 0.29) is 36.1 Å². The number of ether oxygens (including phenoxy) is 1. The second-order valence-corrected chi connectivity index (χ2v) is 10.3. The number of rotatable bonds is 11. The van der Waals surface area contributed by atoms with Crippen molar-refractivity contribution in [3.05, 3.63) is 39.9 Å². The predicted molar refractivity (Wildman–Crippen MR) is 136 cm³/mol. The zero-order valence-electron chi connectivity index (χ0n) is 19.6. The predicted octanol–water partition coefficient (Wildman–Crippen LogP) is 1.37. The number of carbonyl (C=O) groups is 2. The van der Waals surface area contributed by atoms with Gasteiger partial charge >= 0.3 is 6.09 Å². The fraction of sp³-hybridized carbons (Fsp3) is 0.636. The summed E-state index contributed by atoms with van der Waals surface area (Å²) < 4.78 is 5.44. The van der Waals surface area contributed by atoms with Gasteiger partial charge in [0.2, 0.25) is 5.91 Å². The highest BCUT2D eigenvalue weighted by molar-refractivity contribution is 7.99. The Morgan fingerprint density at radius 3 is 2.66 bits per heavy atom. The maximum absolute atomic E-state index is 12.7. The number of amides is 2. The van der Waals surface area contributed by atoms with E-state index in [1.807, 2.05) is 5.01 Å². The Bertz CT molecular complexity index is 855. The third kappa shape index (κ3) is 8.24. The van der Waals surface area contributed by atoms with Crippen molar-refractivity contribution in [1.29, 1.82) is 0 Å². The summed E-state index contributed by atoms with van der Waals surface area (Å²) in [7, 11) is 0. The molecule has 2 heterocycles. The number of hydrazine groups is 1. The highest BCUT2D eigenvalue weighted by Gasteiger charge is 2.34. The van der Waals surface area contributed by atoms with Crippen molar-refractivity contribution in [1.82, 2.24) is 20.2 Å². The van der Waals surface area contributed by atoms with E-state index in [0.29, 0.717) is 36.6 Å². The maximum Gasteiger partial charge on any atom is 0.410 e. The van der Waals surface area contributed by atoms with Gasteiger partial charge in [-0.15, -0.1) is 0 Å². The number of benzene rings is 1. The fourth-order valence-corrected chi connectivity index (χ4v) is 5.63. The molecule has 2 amide bonds. The van der Waals surface area contributed by atoms with Crippen LogP contribution < -0.4 is 5.32 Å². The van der Waals surface area contributed by atoms with Crippen LogP contribution in [0, 0.1) is 10.1 Å². The standard InChI is InChI=1S/C22H33N5O6S2/c28-11-10-26(24-8-6-23-7-9-24)21(29)5-12-35-16-19-13-20(34)14-25(19)22(30)33-15-17-1-3-18(4-2-17)27(31)32/h1-4,19-20,23,28,34H,5-16H2. The quantitative estimate of drug-likeness (QED) is 0.169. The number of hydrogen-bond acceptors (Lipinski definition) is 10. The molecule has 0 aliphatic carbocycles. The summed E-state index contributed by atoms with van der Waals surface area (Å²) in [5.41, 5.74) is 0.660. The second kappa shape index (κ2) is 13.9. The number of thioether (sulfide) groups is 1. The Balaban J connectivity index is 1.43. The Morgan fingerprint density at radius 1 is 1.29 bits per heavy atom. The molecule has 2 aliphatic rings. The van der Waals surface area contributed by atoms with Gasteiger partial charge in [-0.2, -0.15) is 24.4 Å². The van der Waals surface area contributed by atoms with Crippen molar-refractivity contribution in [2.45, 2.75) is 30.7 Å². The van der Waals surface area contributed by atoms with Crippen molar-refractivity contribution in [2.24, 2.45) is 0 Å². The first-order valence-electron chi connectivity index (χ1n) is 11.7. The summed E-state index contributed by atoms with van der Waals surface area (Å²) in [6.45, 7) is 3.83. The van der Waals surface area contributed by atoms with E-state index in [1.165, 1.54) is 12.1 Å². The summed E-state index contributed by atoms with van der Waals surface area (Å²) in [6, 6.07) is 5.87. The molecule has 2 saturated heterocycles. The maximum atomic E-state index is 12.7. The van der Waals surface area contributed by atoms with Gasteiger partial charge in [0.25, 0.3) is 5.69 Å². The van der Waals surface area contributed by atoms with Crippen molar-refractivity contribution in [2.75, 3.05) is 57.4 Å². The van der Waals surface area contributed by atoms with Crippen LogP contribution in [0.3, 0.4) is 0 Å². The summed E-state index contributed by atoms with van der Waals surface area (Å²) >= 11 is 6.16. The monoisotopic (exact) mass is 527 g/mol.